The summed E-state index contributed by atoms with van der Waals surface area (Å²) < 4.78 is 28.1. The Morgan fingerprint density at radius 2 is 1.76 bits per heavy atom. The highest BCUT2D eigenvalue weighted by Gasteiger charge is 2.25. The number of sulfonamides is 1. The fourth-order valence-corrected chi connectivity index (χ4v) is 5.04. The maximum atomic E-state index is 12.8. The summed E-state index contributed by atoms with van der Waals surface area (Å²) in [5.41, 5.74) is 3.41. The van der Waals surface area contributed by atoms with Gasteiger partial charge in [-0.3, -0.25) is 10.1 Å². The van der Waals surface area contributed by atoms with Gasteiger partial charge in [0, 0.05) is 11.6 Å². The number of hydrogen-bond donors (Lipinski definition) is 2. The maximum absolute atomic E-state index is 12.8. The molecule has 1 heterocycles. The molecule has 3 aromatic rings. The summed E-state index contributed by atoms with van der Waals surface area (Å²) in [6, 6.07) is 14.3. The standard InChI is InChI=1S/C20H22N4O3S2/c1-4-17(16-8-6-5-7-14(16)3)24-29(26,27)20-23-22-19(28-20)21-18(25)15-11-9-13(2)10-12-15/h5-12,17,24H,4H2,1-3H3,(H,21,22,25)/t17-/m1/s1. The lowest BCUT2D eigenvalue weighted by atomic mass is 10.0. The highest BCUT2D eigenvalue weighted by atomic mass is 32.2. The SMILES string of the molecule is CC[C@@H](NS(=O)(=O)c1nnc(NC(=O)c2ccc(C)cc2)s1)c1ccccc1C. The predicted octanol–water partition coefficient (Wildman–Crippen LogP) is 3.84. The zero-order valence-electron chi connectivity index (χ0n) is 16.3. The van der Waals surface area contributed by atoms with Gasteiger partial charge in [0.25, 0.3) is 15.9 Å². The van der Waals surface area contributed by atoms with Crippen molar-refractivity contribution in [2.45, 2.75) is 37.6 Å². The minimum absolute atomic E-state index is 0.125. The number of rotatable bonds is 7. The Kier molecular flexibility index (Phi) is 6.41. The molecule has 0 bridgehead atoms. The molecule has 0 spiro atoms. The highest BCUT2D eigenvalue weighted by Crippen LogP contribution is 2.25. The molecule has 0 saturated carbocycles. The molecule has 0 aliphatic carbocycles. The smallest absolute Gasteiger partial charge is 0.270 e. The van der Waals surface area contributed by atoms with Crippen molar-refractivity contribution in [3.05, 3.63) is 70.8 Å². The first-order chi connectivity index (χ1) is 13.8. The lowest BCUT2D eigenvalue weighted by Gasteiger charge is -2.18. The van der Waals surface area contributed by atoms with Crippen LogP contribution >= 0.6 is 11.3 Å². The molecule has 0 aliphatic rings. The van der Waals surface area contributed by atoms with E-state index in [2.05, 4.69) is 20.2 Å². The van der Waals surface area contributed by atoms with Gasteiger partial charge in [0.05, 0.1) is 0 Å². The van der Waals surface area contributed by atoms with Gasteiger partial charge in [-0.25, -0.2) is 13.1 Å². The van der Waals surface area contributed by atoms with Gasteiger partial charge in [0.2, 0.25) is 9.47 Å². The van der Waals surface area contributed by atoms with Crippen molar-refractivity contribution in [2.24, 2.45) is 0 Å². The Labute approximate surface area is 174 Å². The molecule has 7 nitrogen and oxygen atoms in total. The molecule has 2 N–H and O–H groups in total. The summed E-state index contributed by atoms with van der Waals surface area (Å²) in [4.78, 5) is 12.3. The minimum Gasteiger partial charge on any atom is -0.296 e. The van der Waals surface area contributed by atoms with Gasteiger partial charge in [-0.1, -0.05) is 60.2 Å². The minimum atomic E-state index is -3.88. The first-order valence-electron chi connectivity index (χ1n) is 9.09. The largest absolute Gasteiger partial charge is 0.296 e. The molecule has 0 unspecified atom stereocenters. The number of carbonyl (C=O) groups excluding carboxylic acids is 1. The fraction of sp³-hybridized carbons (Fsp3) is 0.250. The average molecular weight is 431 g/mol. The molecule has 29 heavy (non-hydrogen) atoms. The predicted molar refractivity (Wildman–Crippen MR) is 114 cm³/mol. The third-order valence-corrected chi connectivity index (χ3v) is 7.12. The summed E-state index contributed by atoms with van der Waals surface area (Å²) in [5.74, 6) is -0.371. The average Bonchev–Trinajstić information content (AvgIpc) is 3.17. The van der Waals surface area contributed by atoms with Crippen molar-refractivity contribution in [3.63, 3.8) is 0 Å². The van der Waals surface area contributed by atoms with Crippen molar-refractivity contribution in [2.75, 3.05) is 5.32 Å². The Morgan fingerprint density at radius 1 is 1.07 bits per heavy atom. The second kappa shape index (κ2) is 8.81. The van der Waals surface area contributed by atoms with Crippen molar-refractivity contribution in [1.29, 1.82) is 0 Å². The van der Waals surface area contributed by atoms with E-state index in [1.54, 1.807) is 12.1 Å². The van der Waals surface area contributed by atoms with E-state index < -0.39 is 10.0 Å². The zero-order chi connectivity index (χ0) is 21.0. The third kappa shape index (κ3) is 5.06. The Balaban J connectivity index is 1.75. The molecular formula is C20H22N4O3S2. The van der Waals surface area contributed by atoms with Crippen LogP contribution in [-0.4, -0.2) is 24.5 Å². The molecular weight excluding hydrogens is 408 g/mol. The zero-order valence-corrected chi connectivity index (χ0v) is 18.0. The number of aromatic nitrogens is 2. The van der Waals surface area contributed by atoms with Gasteiger partial charge in [-0.05, 0) is 43.5 Å². The Bertz CT molecular complexity index is 1110. The van der Waals surface area contributed by atoms with Crippen LogP contribution in [0.3, 0.4) is 0 Å². The van der Waals surface area contributed by atoms with Gasteiger partial charge in [-0.15, -0.1) is 10.2 Å². The van der Waals surface area contributed by atoms with E-state index in [-0.39, 0.29) is 21.4 Å². The first-order valence-corrected chi connectivity index (χ1v) is 11.4. The van der Waals surface area contributed by atoms with Crippen molar-refractivity contribution < 1.29 is 13.2 Å². The second-order valence-corrected chi connectivity index (χ2v) is 9.50. The third-order valence-electron chi connectivity index (χ3n) is 4.44. The molecule has 0 fully saturated rings. The number of anilines is 1. The van der Waals surface area contributed by atoms with E-state index in [1.165, 1.54) is 0 Å². The number of hydrogen-bond acceptors (Lipinski definition) is 6. The molecule has 0 saturated heterocycles. The number of benzene rings is 2. The Hall–Kier alpha value is -2.62. The number of carbonyl (C=O) groups is 1. The van der Waals surface area contributed by atoms with Gasteiger partial charge < -0.3 is 0 Å². The number of nitrogens with one attached hydrogen (secondary N) is 2. The molecule has 3 rings (SSSR count). The van der Waals surface area contributed by atoms with Gasteiger partial charge in [-0.2, -0.15) is 0 Å². The van der Waals surface area contributed by atoms with Crippen molar-refractivity contribution in [3.8, 4) is 0 Å². The summed E-state index contributed by atoms with van der Waals surface area (Å²) in [7, 11) is -3.88. The second-order valence-electron chi connectivity index (χ2n) is 6.63. The van der Waals surface area contributed by atoms with Crippen LogP contribution in [0.4, 0.5) is 5.13 Å². The van der Waals surface area contributed by atoms with Crippen LogP contribution in [0.25, 0.3) is 0 Å². The van der Waals surface area contributed by atoms with E-state index >= 15 is 0 Å². The molecule has 9 heteroatoms. The van der Waals surface area contributed by atoms with Crippen LogP contribution < -0.4 is 10.0 Å². The van der Waals surface area contributed by atoms with E-state index in [0.717, 1.165) is 28.0 Å². The molecule has 2 aromatic carbocycles. The molecule has 0 radical (unpaired) electrons. The molecule has 1 amide bonds. The molecule has 1 atom stereocenters. The van der Waals surface area contributed by atoms with Crippen LogP contribution in [0.1, 0.15) is 46.4 Å². The number of nitrogens with zero attached hydrogens (tertiary/aromatic N) is 2. The van der Waals surface area contributed by atoms with E-state index in [1.807, 2.05) is 57.2 Å². The summed E-state index contributed by atoms with van der Waals surface area (Å²) in [6.07, 6.45) is 0.583. The first kappa shape index (κ1) is 21.1. The molecule has 152 valence electrons. The van der Waals surface area contributed by atoms with Crippen LogP contribution in [0, 0.1) is 13.8 Å². The monoisotopic (exact) mass is 430 g/mol. The van der Waals surface area contributed by atoms with Gasteiger partial charge in [0.1, 0.15) is 0 Å². The lowest BCUT2D eigenvalue weighted by Crippen LogP contribution is -2.28. The van der Waals surface area contributed by atoms with Gasteiger partial charge >= 0.3 is 0 Å². The van der Waals surface area contributed by atoms with Crippen molar-refractivity contribution >= 4 is 32.4 Å². The summed E-state index contributed by atoms with van der Waals surface area (Å²) in [6.45, 7) is 5.78. The maximum Gasteiger partial charge on any atom is 0.270 e. The quantitative estimate of drug-likeness (QED) is 0.555. The Morgan fingerprint density at radius 3 is 2.41 bits per heavy atom. The number of amides is 1. The highest BCUT2D eigenvalue weighted by molar-refractivity contribution is 7.91. The van der Waals surface area contributed by atoms with Crippen LogP contribution in [-0.2, 0) is 10.0 Å². The van der Waals surface area contributed by atoms with Crippen LogP contribution in [0.15, 0.2) is 52.9 Å². The summed E-state index contributed by atoms with van der Waals surface area (Å²) >= 11 is 0.813. The molecule has 0 aliphatic heterocycles. The normalized spacial score (nSPS) is 12.5. The fourth-order valence-electron chi connectivity index (χ4n) is 2.83. The summed E-state index contributed by atoms with van der Waals surface area (Å²) in [5, 5.41) is 10.3. The van der Waals surface area contributed by atoms with E-state index in [0.29, 0.717) is 12.0 Å². The molecule has 1 aromatic heterocycles. The number of aryl methyl sites for hydroxylation is 2. The van der Waals surface area contributed by atoms with E-state index in [9.17, 15) is 13.2 Å². The lowest BCUT2D eigenvalue weighted by molar-refractivity contribution is 0.102. The topological polar surface area (TPSA) is 101 Å². The van der Waals surface area contributed by atoms with Crippen LogP contribution in [0.2, 0.25) is 0 Å². The van der Waals surface area contributed by atoms with Crippen LogP contribution in [0.5, 0.6) is 0 Å². The van der Waals surface area contributed by atoms with Gasteiger partial charge in [0.15, 0.2) is 0 Å². The van der Waals surface area contributed by atoms with E-state index in [4.69, 9.17) is 0 Å². The van der Waals surface area contributed by atoms with Crippen molar-refractivity contribution in [1.82, 2.24) is 14.9 Å².